The third-order valence-corrected chi connectivity index (χ3v) is 3.90. The summed E-state index contributed by atoms with van der Waals surface area (Å²) in [4.78, 5) is 16.5. The summed E-state index contributed by atoms with van der Waals surface area (Å²) in [5.74, 6) is -0.0797. The summed E-state index contributed by atoms with van der Waals surface area (Å²) in [5, 5.41) is 3.39. The van der Waals surface area contributed by atoms with Crippen LogP contribution < -0.4 is 5.32 Å². The first-order valence-corrected chi connectivity index (χ1v) is 7.19. The Morgan fingerprint density at radius 1 is 1.30 bits per heavy atom. The minimum atomic E-state index is -0.0797. The topological polar surface area (TPSA) is 46.9 Å². The molecule has 1 N–H and O–H groups in total. The summed E-state index contributed by atoms with van der Waals surface area (Å²) in [6.07, 6.45) is 6.16. The highest BCUT2D eigenvalue weighted by molar-refractivity contribution is 6.33. The summed E-state index contributed by atoms with van der Waals surface area (Å²) in [6, 6.07) is 7.24. The van der Waals surface area contributed by atoms with Crippen molar-refractivity contribution in [2.75, 3.05) is 5.32 Å². The predicted octanol–water partition coefficient (Wildman–Crippen LogP) is 3.05. The lowest BCUT2D eigenvalue weighted by Crippen LogP contribution is -2.20. The Balaban J connectivity index is 1.70. The first-order chi connectivity index (χ1) is 9.74. The van der Waals surface area contributed by atoms with Gasteiger partial charge in [-0.15, -0.1) is 0 Å². The molecule has 1 aliphatic carbocycles. The predicted molar refractivity (Wildman–Crippen MR) is 79.0 cm³/mol. The van der Waals surface area contributed by atoms with E-state index in [-0.39, 0.29) is 12.5 Å². The van der Waals surface area contributed by atoms with Crippen molar-refractivity contribution in [3.63, 3.8) is 0 Å². The molecule has 0 unspecified atom stereocenters. The number of para-hydroxylation sites is 1. The largest absolute Gasteiger partial charge is 0.325 e. The number of fused-ring (bicyclic) bond motifs is 1. The van der Waals surface area contributed by atoms with Gasteiger partial charge in [0.15, 0.2) is 0 Å². The number of halogens is 1. The molecule has 1 aromatic heterocycles. The van der Waals surface area contributed by atoms with Gasteiger partial charge in [0, 0.05) is 5.69 Å². The van der Waals surface area contributed by atoms with E-state index in [0.717, 1.165) is 18.5 Å². The van der Waals surface area contributed by atoms with Crippen LogP contribution in [0, 0.1) is 0 Å². The quantitative estimate of drug-likeness (QED) is 0.944. The number of hydrogen-bond acceptors (Lipinski definition) is 2. The van der Waals surface area contributed by atoms with Gasteiger partial charge >= 0.3 is 0 Å². The maximum Gasteiger partial charge on any atom is 0.244 e. The molecule has 0 radical (unpaired) electrons. The van der Waals surface area contributed by atoms with Crippen molar-refractivity contribution in [1.29, 1.82) is 0 Å². The van der Waals surface area contributed by atoms with Gasteiger partial charge in [-0.2, -0.15) is 0 Å². The zero-order valence-electron chi connectivity index (χ0n) is 11.1. The molecule has 0 bridgehead atoms. The average molecular weight is 290 g/mol. The molecule has 1 aromatic carbocycles. The highest BCUT2D eigenvalue weighted by Gasteiger charge is 2.16. The van der Waals surface area contributed by atoms with Crippen LogP contribution in [-0.4, -0.2) is 15.5 Å². The van der Waals surface area contributed by atoms with Gasteiger partial charge in [-0.05, 0) is 37.8 Å². The highest BCUT2D eigenvalue weighted by atomic mass is 35.5. The third-order valence-electron chi connectivity index (χ3n) is 3.57. The number of nitrogens with one attached hydrogen (secondary N) is 1. The van der Waals surface area contributed by atoms with Crippen LogP contribution in [0.5, 0.6) is 0 Å². The minimum absolute atomic E-state index is 0.0797. The van der Waals surface area contributed by atoms with Gasteiger partial charge in [-0.1, -0.05) is 23.7 Å². The van der Waals surface area contributed by atoms with Gasteiger partial charge in [0.05, 0.1) is 22.7 Å². The molecule has 0 fully saturated rings. The Kier molecular flexibility index (Phi) is 3.74. The van der Waals surface area contributed by atoms with Crippen molar-refractivity contribution < 1.29 is 4.79 Å². The Morgan fingerprint density at radius 2 is 2.10 bits per heavy atom. The number of imidazole rings is 1. The molecular weight excluding hydrogens is 274 g/mol. The maximum absolute atomic E-state index is 12.1. The van der Waals surface area contributed by atoms with E-state index in [0.29, 0.717) is 10.7 Å². The second-order valence-corrected chi connectivity index (χ2v) is 5.41. The minimum Gasteiger partial charge on any atom is -0.325 e. The lowest BCUT2D eigenvalue weighted by atomic mass is 10.0. The number of aromatic nitrogens is 2. The normalized spacial score (nSPS) is 13.8. The van der Waals surface area contributed by atoms with Crippen molar-refractivity contribution in [3.8, 4) is 0 Å². The van der Waals surface area contributed by atoms with E-state index in [1.54, 1.807) is 18.5 Å². The fraction of sp³-hybridized carbons (Fsp3) is 0.333. The molecule has 1 aliphatic rings. The van der Waals surface area contributed by atoms with E-state index in [1.807, 2.05) is 16.7 Å². The molecule has 0 saturated carbocycles. The Hall–Kier alpha value is -1.81. The molecule has 20 heavy (non-hydrogen) atoms. The molecule has 0 atom stereocenters. The number of aryl methyl sites for hydroxylation is 1. The summed E-state index contributed by atoms with van der Waals surface area (Å²) >= 11 is 6.03. The van der Waals surface area contributed by atoms with Gasteiger partial charge in [0.1, 0.15) is 6.54 Å². The van der Waals surface area contributed by atoms with Crippen LogP contribution in [-0.2, 0) is 24.2 Å². The van der Waals surface area contributed by atoms with Gasteiger partial charge < -0.3 is 9.88 Å². The van der Waals surface area contributed by atoms with Gasteiger partial charge in [-0.25, -0.2) is 4.98 Å². The van der Waals surface area contributed by atoms with Crippen molar-refractivity contribution in [2.45, 2.75) is 32.2 Å². The number of anilines is 1. The molecule has 3 rings (SSSR count). The standard InChI is InChI=1S/C15H16ClN3O/c16-11-5-1-2-6-12(11)18-15(20)9-19-10-17-13-7-3-4-8-14(13)19/h1-2,5-6,10H,3-4,7-9H2,(H,18,20). The molecule has 1 heterocycles. The van der Waals surface area contributed by atoms with Crippen LogP contribution in [0.15, 0.2) is 30.6 Å². The number of amides is 1. The first kappa shape index (κ1) is 13.2. The van der Waals surface area contributed by atoms with Crippen LogP contribution in [0.1, 0.15) is 24.2 Å². The van der Waals surface area contributed by atoms with E-state index in [4.69, 9.17) is 11.6 Å². The van der Waals surface area contributed by atoms with E-state index in [9.17, 15) is 4.79 Å². The lowest BCUT2D eigenvalue weighted by Gasteiger charge is -2.14. The SMILES string of the molecule is O=C(Cn1cnc2c1CCCC2)Nc1ccccc1Cl. The van der Waals surface area contributed by atoms with E-state index in [1.165, 1.54) is 18.5 Å². The van der Waals surface area contributed by atoms with Crippen molar-refractivity contribution in [3.05, 3.63) is 47.0 Å². The zero-order valence-corrected chi connectivity index (χ0v) is 11.9. The Morgan fingerprint density at radius 3 is 2.95 bits per heavy atom. The highest BCUT2D eigenvalue weighted by Crippen LogP contribution is 2.22. The molecular formula is C15H16ClN3O. The van der Waals surface area contributed by atoms with Crippen LogP contribution in [0.4, 0.5) is 5.69 Å². The van der Waals surface area contributed by atoms with E-state index >= 15 is 0 Å². The van der Waals surface area contributed by atoms with E-state index < -0.39 is 0 Å². The molecule has 104 valence electrons. The zero-order chi connectivity index (χ0) is 13.9. The van der Waals surface area contributed by atoms with Crippen LogP contribution >= 0.6 is 11.6 Å². The molecule has 4 nitrogen and oxygen atoms in total. The number of rotatable bonds is 3. The lowest BCUT2D eigenvalue weighted by molar-refractivity contribution is -0.116. The number of benzene rings is 1. The fourth-order valence-corrected chi connectivity index (χ4v) is 2.76. The van der Waals surface area contributed by atoms with Crippen molar-refractivity contribution >= 4 is 23.2 Å². The van der Waals surface area contributed by atoms with Gasteiger partial charge in [0.25, 0.3) is 0 Å². The molecule has 0 saturated heterocycles. The summed E-state index contributed by atoms with van der Waals surface area (Å²) < 4.78 is 1.95. The number of carbonyl (C=O) groups is 1. The van der Waals surface area contributed by atoms with Crippen LogP contribution in [0.2, 0.25) is 5.02 Å². The molecule has 0 spiro atoms. The number of carbonyl (C=O) groups excluding carboxylic acids is 1. The smallest absolute Gasteiger partial charge is 0.244 e. The Labute approximate surface area is 122 Å². The molecule has 1 amide bonds. The summed E-state index contributed by atoms with van der Waals surface area (Å²) in [5.41, 5.74) is 2.99. The third kappa shape index (κ3) is 2.70. The first-order valence-electron chi connectivity index (χ1n) is 6.81. The summed E-state index contributed by atoms with van der Waals surface area (Å²) in [6.45, 7) is 0.285. The average Bonchev–Trinajstić information content (AvgIpc) is 2.85. The van der Waals surface area contributed by atoms with Crippen molar-refractivity contribution in [2.24, 2.45) is 0 Å². The Bertz CT molecular complexity index is 636. The monoisotopic (exact) mass is 289 g/mol. The second kappa shape index (κ2) is 5.67. The molecule has 2 aromatic rings. The fourth-order valence-electron chi connectivity index (χ4n) is 2.57. The van der Waals surface area contributed by atoms with Crippen LogP contribution in [0.25, 0.3) is 0 Å². The van der Waals surface area contributed by atoms with Gasteiger partial charge in [0.2, 0.25) is 5.91 Å². The molecule has 5 heteroatoms. The maximum atomic E-state index is 12.1. The van der Waals surface area contributed by atoms with Crippen LogP contribution in [0.3, 0.4) is 0 Å². The van der Waals surface area contributed by atoms with Gasteiger partial charge in [-0.3, -0.25) is 4.79 Å². The van der Waals surface area contributed by atoms with Crippen molar-refractivity contribution in [1.82, 2.24) is 9.55 Å². The summed E-state index contributed by atoms with van der Waals surface area (Å²) in [7, 11) is 0. The number of hydrogen-bond donors (Lipinski definition) is 1. The molecule has 0 aliphatic heterocycles. The van der Waals surface area contributed by atoms with E-state index in [2.05, 4.69) is 10.3 Å². The second-order valence-electron chi connectivity index (χ2n) is 5.00. The number of nitrogens with zero attached hydrogens (tertiary/aromatic N) is 2.